The molecule has 0 radical (unpaired) electrons. The van der Waals surface area contributed by atoms with E-state index >= 15 is 0 Å². The maximum atomic E-state index is 6.38. The van der Waals surface area contributed by atoms with Crippen molar-refractivity contribution in [3.63, 3.8) is 0 Å². The molecule has 1 aliphatic rings. The van der Waals surface area contributed by atoms with Gasteiger partial charge in [0.2, 0.25) is 0 Å². The van der Waals surface area contributed by atoms with Crippen molar-refractivity contribution in [1.82, 2.24) is 5.32 Å². The lowest BCUT2D eigenvalue weighted by Gasteiger charge is -2.32. The summed E-state index contributed by atoms with van der Waals surface area (Å²) in [6, 6.07) is 6.89. The standard InChI is InChI=1S/C17H28N2O/c1-4-17(18,5-2)12-19-14-10-9-13-7-6-8-16(20-3)15(13)11-14/h6-8,14,19H,4-5,9-12,18H2,1-3H3. The van der Waals surface area contributed by atoms with E-state index in [1.54, 1.807) is 7.11 Å². The summed E-state index contributed by atoms with van der Waals surface area (Å²) in [6.07, 6.45) is 5.39. The third kappa shape index (κ3) is 3.33. The minimum absolute atomic E-state index is 0.0684. The Morgan fingerprint density at radius 3 is 2.75 bits per heavy atom. The lowest BCUT2D eigenvalue weighted by atomic mass is 9.86. The number of nitrogens with one attached hydrogen (secondary N) is 1. The van der Waals surface area contributed by atoms with E-state index in [1.165, 1.54) is 17.5 Å². The van der Waals surface area contributed by atoms with E-state index in [9.17, 15) is 0 Å². The highest BCUT2D eigenvalue weighted by atomic mass is 16.5. The Morgan fingerprint density at radius 2 is 2.10 bits per heavy atom. The van der Waals surface area contributed by atoms with Gasteiger partial charge in [0, 0.05) is 18.1 Å². The van der Waals surface area contributed by atoms with Gasteiger partial charge in [-0.25, -0.2) is 0 Å². The summed E-state index contributed by atoms with van der Waals surface area (Å²) in [7, 11) is 1.76. The van der Waals surface area contributed by atoms with Gasteiger partial charge in [-0.2, -0.15) is 0 Å². The van der Waals surface area contributed by atoms with Gasteiger partial charge in [-0.3, -0.25) is 0 Å². The van der Waals surface area contributed by atoms with Crippen LogP contribution in [0.1, 0.15) is 44.2 Å². The average Bonchev–Trinajstić information content (AvgIpc) is 2.51. The first-order valence-electron chi connectivity index (χ1n) is 7.79. The highest BCUT2D eigenvalue weighted by Crippen LogP contribution is 2.29. The molecule has 3 N–H and O–H groups in total. The normalized spacial score (nSPS) is 18.7. The molecule has 0 aromatic heterocycles. The van der Waals surface area contributed by atoms with Crippen molar-refractivity contribution in [3.8, 4) is 5.75 Å². The lowest BCUT2D eigenvalue weighted by molar-refractivity contribution is 0.330. The number of rotatable bonds is 6. The monoisotopic (exact) mass is 276 g/mol. The second kappa shape index (κ2) is 6.59. The second-order valence-corrected chi connectivity index (χ2v) is 5.99. The first kappa shape index (κ1) is 15.3. The van der Waals surface area contributed by atoms with Crippen LogP contribution in [0.15, 0.2) is 18.2 Å². The molecule has 3 heteroatoms. The number of hydrogen-bond acceptors (Lipinski definition) is 3. The summed E-state index contributed by atoms with van der Waals surface area (Å²) in [5.74, 6) is 1.03. The highest BCUT2D eigenvalue weighted by molar-refractivity contribution is 5.42. The summed E-state index contributed by atoms with van der Waals surface area (Å²) >= 11 is 0. The highest BCUT2D eigenvalue weighted by Gasteiger charge is 2.25. The summed E-state index contributed by atoms with van der Waals surface area (Å²) in [5.41, 5.74) is 9.12. The molecular weight excluding hydrogens is 248 g/mol. The van der Waals surface area contributed by atoms with Crippen LogP contribution in [0.2, 0.25) is 0 Å². The molecule has 0 spiro atoms. The smallest absolute Gasteiger partial charge is 0.122 e. The predicted molar refractivity (Wildman–Crippen MR) is 84.3 cm³/mol. The molecular formula is C17H28N2O. The van der Waals surface area contributed by atoms with E-state index in [4.69, 9.17) is 10.5 Å². The van der Waals surface area contributed by atoms with Gasteiger partial charge in [0.1, 0.15) is 5.75 Å². The first-order chi connectivity index (χ1) is 9.61. The quantitative estimate of drug-likeness (QED) is 0.840. The number of ether oxygens (including phenoxy) is 1. The van der Waals surface area contributed by atoms with Crippen LogP contribution in [-0.2, 0) is 12.8 Å². The van der Waals surface area contributed by atoms with Gasteiger partial charge in [0.05, 0.1) is 7.11 Å². The van der Waals surface area contributed by atoms with Crippen molar-refractivity contribution in [2.75, 3.05) is 13.7 Å². The van der Waals surface area contributed by atoms with Gasteiger partial charge in [0.15, 0.2) is 0 Å². The lowest BCUT2D eigenvalue weighted by Crippen LogP contribution is -2.51. The second-order valence-electron chi connectivity index (χ2n) is 5.99. The van der Waals surface area contributed by atoms with Crippen molar-refractivity contribution in [2.45, 2.75) is 57.5 Å². The molecule has 1 aromatic carbocycles. The van der Waals surface area contributed by atoms with E-state index in [2.05, 4.69) is 37.4 Å². The Hall–Kier alpha value is -1.06. The van der Waals surface area contributed by atoms with Crippen LogP contribution in [0.3, 0.4) is 0 Å². The maximum absolute atomic E-state index is 6.38. The largest absolute Gasteiger partial charge is 0.496 e. The van der Waals surface area contributed by atoms with Crippen molar-refractivity contribution >= 4 is 0 Å². The summed E-state index contributed by atoms with van der Waals surface area (Å²) in [5, 5.41) is 3.68. The number of benzene rings is 1. The number of fused-ring (bicyclic) bond motifs is 1. The van der Waals surface area contributed by atoms with E-state index in [0.29, 0.717) is 6.04 Å². The molecule has 2 rings (SSSR count). The molecule has 20 heavy (non-hydrogen) atoms. The van der Waals surface area contributed by atoms with Crippen LogP contribution in [0.5, 0.6) is 5.75 Å². The molecule has 1 unspecified atom stereocenters. The fourth-order valence-electron chi connectivity index (χ4n) is 2.97. The molecule has 1 atom stereocenters. The Kier molecular flexibility index (Phi) is 5.06. The molecule has 0 fully saturated rings. The summed E-state index contributed by atoms with van der Waals surface area (Å²) < 4.78 is 5.50. The van der Waals surface area contributed by atoms with E-state index < -0.39 is 0 Å². The van der Waals surface area contributed by atoms with Crippen molar-refractivity contribution < 1.29 is 4.74 Å². The Morgan fingerprint density at radius 1 is 1.35 bits per heavy atom. The van der Waals surface area contributed by atoms with Gasteiger partial charge in [-0.15, -0.1) is 0 Å². The molecule has 0 amide bonds. The third-order valence-electron chi connectivity index (χ3n) is 4.81. The Balaban J connectivity index is 2.01. The molecule has 1 aromatic rings. The molecule has 0 saturated heterocycles. The number of methoxy groups -OCH3 is 1. The zero-order valence-corrected chi connectivity index (χ0v) is 13.0. The maximum Gasteiger partial charge on any atom is 0.122 e. The van der Waals surface area contributed by atoms with Crippen molar-refractivity contribution in [3.05, 3.63) is 29.3 Å². The predicted octanol–water partition coefficient (Wildman–Crippen LogP) is 2.66. The van der Waals surface area contributed by atoms with Crippen molar-refractivity contribution in [1.29, 1.82) is 0 Å². The molecule has 0 bridgehead atoms. The molecule has 112 valence electrons. The number of hydrogen-bond donors (Lipinski definition) is 2. The Labute approximate surface area is 122 Å². The van der Waals surface area contributed by atoms with Gasteiger partial charge in [-0.1, -0.05) is 26.0 Å². The Bertz CT molecular complexity index is 426. The van der Waals surface area contributed by atoms with Crippen LogP contribution in [-0.4, -0.2) is 25.2 Å². The van der Waals surface area contributed by atoms with Crippen LogP contribution in [0.4, 0.5) is 0 Å². The summed E-state index contributed by atoms with van der Waals surface area (Å²) in [6.45, 7) is 5.24. The fourth-order valence-corrected chi connectivity index (χ4v) is 2.97. The topological polar surface area (TPSA) is 47.3 Å². The zero-order valence-electron chi connectivity index (χ0n) is 13.0. The first-order valence-corrected chi connectivity index (χ1v) is 7.79. The van der Waals surface area contributed by atoms with Gasteiger partial charge in [-0.05, 0) is 49.3 Å². The molecule has 0 saturated carbocycles. The van der Waals surface area contributed by atoms with E-state index in [-0.39, 0.29) is 5.54 Å². The van der Waals surface area contributed by atoms with Crippen LogP contribution in [0, 0.1) is 0 Å². The molecule has 0 heterocycles. The van der Waals surface area contributed by atoms with E-state index in [1.807, 2.05) is 0 Å². The fraction of sp³-hybridized carbons (Fsp3) is 0.647. The van der Waals surface area contributed by atoms with Gasteiger partial charge < -0.3 is 15.8 Å². The van der Waals surface area contributed by atoms with Crippen LogP contribution < -0.4 is 15.8 Å². The van der Waals surface area contributed by atoms with Crippen molar-refractivity contribution in [2.24, 2.45) is 5.73 Å². The minimum Gasteiger partial charge on any atom is -0.496 e. The number of aryl methyl sites for hydroxylation is 1. The summed E-state index contributed by atoms with van der Waals surface area (Å²) in [4.78, 5) is 0. The average molecular weight is 276 g/mol. The third-order valence-corrected chi connectivity index (χ3v) is 4.81. The minimum atomic E-state index is -0.0684. The zero-order chi connectivity index (χ0) is 14.6. The molecule has 1 aliphatic carbocycles. The van der Waals surface area contributed by atoms with Gasteiger partial charge >= 0.3 is 0 Å². The SMILES string of the molecule is CCC(N)(CC)CNC1CCc2cccc(OC)c2C1. The van der Waals surface area contributed by atoms with Crippen LogP contribution >= 0.6 is 0 Å². The van der Waals surface area contributed by atoms with Crippen LogP contribution in [0.25, 0.3) is 0 Å². The molecule has 0 aliphatic heterocycles. The van der Waals surface area contributed by atoms with Gasteiger partial charge in [0.25, 0.3) is 0 Å². The number of nitrogens with two attached hydrogens (primary N) is 1. The molecule has 3 nitrogen and oxygen atoms in total. The van der Waals surface area contributed by atoms with E-state index in [0.717, 1.165) is 38.0 Å².